The number of allylic oxidation sites excluding steroid dienone is 3. The lowest BCUT2D eigenvalue weighted by Gasteiger charge is -2.40. The molecule has 5 nitrogen and oxygen atoms in total. The van der Waals surface area contributed by atoms with Gasteiger partial charge in [-0.2, -0.15) is 0 Å². The van der Waals surface area contributed by atoms with Crippen molar-refractivity contribution in [1.29, 1.82) is 0 Å². The predicted molar refractivity (Wildman–Crippen MR) is 112 cm³/mol. The highest BCUT2D eigenvalue weighted by atomic mass is 16.2. The summed E-state index contributed by atoms with van der Waals surface area (Å²) in [5.74, 6) is 0.601. The molecule has 0 radical (unpaired) electrons. The molecule has 156 valence electrons. The maximum atomic E-state index is 13.6. The minimum atomic E-state index is -0.207. The Morgan fingerprint density at radius 2 is 1.86 bits per heavy atom. The highest BCUT2D eigenvalue weighted by molar-refractivity contribution is 6.23. The molecule has 4 atom stereocenters. The normalized spacial score (nSPS) is 30.9. The molecule has 0 N–H and O–H groups in total. The van der Waals surface area contributed by atoms with E-state index in [9.17, 15) is 14.4 Å². The van der Waals surface area contributed by atoms with E-state index in [0.29, 0.717) is 54.7 Å². The third-order valence-corrected chi connectivity index (χ3v) is 7.38. The van der Waals surface area contributed by atoms with E-state index in [2.05, 4.69) is 19.1 Å². The summed E-state index contributed by atoms with van der Waals surface area (Å²) in [6.07, 6.45) is 11.4. The van der Waals surface area contributed by atoms with Gasteiger partial charge in [0.15, 0.2) is 5.78 Å². The van der Waals surface area contributed by atoms with Crippen molar-refractivity contribution < 1.29 is 14.4 Å². The number of hydrogen-bond acceptors (Lipinski definition) is 3. The molecule has 0 bridgehead atoms. The van der Waals surface area contributed by atoms with Gasteiger partial charge in [-0.1, -0.05) is 31.9 Å². The minimum absolute atomic E-state index is 0.00781. The first-order valence-electron chi connectivity index (χ1n) is 11.3. The van der Waals surface area contributed by atoms with Gasteiger partial charge in [-0.25, -0.2) is 0 Å². The first-order chi connectivity index (χ1) is 14.0. The number of carbonyl (C=O) groups is 3. The highest BCUT2D eigenvalue weighted by Crippen LogP contribution is 2.45. The Hall–Kier alpha value is -2.17. The molecule has 0 aromatic heterocycles. The van der Waals surface area contributed by atoms with Crippen LogP contribution in [0.3, 0.4) is 0 Å². The number of ketones is 1. The molecule has 2 aliphatic carbocycles. The van der Waals surface area contributed by atoms with Gasteiger partial charge in [0, 0.05) is 31.1 Å². The molecule has 29 heavy (non-hydrogen) atoms. The minimum Gasteiger partial charge on any atom is -0.339 e. The summed E-state index contributed by atoms with van der Waals surface area (Å²) in [4.78, 5) is 42.9. The topological polar surface area (TPSA) is 57.7 Å². The third-order valence-electron chi connectivity index (χ3n) is 7.38. The Morgan fingerprint density at radius 1 is 1.14 bits per heavy atom. The lowest BCUT2D eigenvalue weighted by Crippen LogP contribution is -2.40. The molecule has 0 aromatic carbocycles. The SMILES string of the molecule is CCN(CC)C(=O)C1=C2C=C(C(=O)C3[C@H]4CCCC[C@@H]4C=C[C@@H]3C)C(=O)N2CC1. The van der Waals surface area contributed by atoms with E-state index in [1.807, 2.05) is 13.8 Å². The van der Waals surface area contributed by atoms with Crippen LogP contribution in [0, 0.1) is 23.7 Å². The molecule has 1 saturated carbocycles. The summed E-state index contributed by atoms with van der Waals surface area (Å²) < 4.78 is 0. The Bertz CT molecular complexity index is 818. The maximum Gasteiger partial charge on any atom is 0.261 e. The first-order valence-corrected chi connectivity index (χ1v) is 11.3. The van der Waals surface area contributed by atoms with E-state index in [4.69, 9.17) is 0 Å². The number of fused-ring (bicyclic) bond motifs is 2. The van der Waals surface area contributed by atoms with E-state index in [-0.39, 0.29) is 29.4 Å². The van der Waals surface area contributed by atoms with Gasteiger partial charge in [-0.05, 0) is 56.9 Å². The molecule has 4 aliphatic rings. The molecule has 4 rings (SSSR count). The molecule has 2 heterocycles. The largest absolute Gasteiger partial charge is 0.339 e. The third kappa shape index (κ3) is 3.28. The van der Waals surface area contributed by atoms with Crippen molar-refractivity contribution in [2.24, 2.45) is 23.7 Å². The van der Waals surface area contributed by atoms with Crippen molar-refractivity contribution in [1.82, 2.24) is 9.80 Å². The molecular weight excluding hydrogens is 364 g/mol. The van der Waals surface area contributed by atoms with Crippen LogP contribution >= 0.6 is 0 Å². The quantitative estimate of drug-likeness (QED) is 0.528. The summed E-state index contributed by atoms with van der Waals surface area (Å²) in [7, 11) is 0. The van der Waals surface area contributed by atoms with E-state index in [0.717, 1.165) is 19.3 Å². The zero-order valence-corrected chi connectivity index (χ0v) is 17.8. The average Bonchev–Trinajstić information content (AvgIpc) is 3.28. The molecule has 2 aliphatic heterocycles. The van der Waals surface area contributed by atoms with Gasteiger partial charge in [0.1, 0.15) is 0 Å². The zero-order valence-electron chi connectivity index (χ0n) is 17.8. The van der Waals surface area contributed by atoms with E-state index >= 15 is 0 Å². The smallest absolute Gasteiger partial charge is 0.261 e. The molecule has 1 fully saturated rings. The molecule has 2 amide bonds. The Morgan fingerprint density at radius 3 is 2.59 bits per heavy atom. The fraction of sp³-hybridized carbons (Fsp3) is 0.625. The molecule has 0 aromatic rings. The maximum absolute atomic E-state index is 13.6. The van der Waals surface area contributed by atoms with Gasteiger partial charge in [-0.15, -0.1) is 0 Å². The van der Waals surface area contributed by atoms with Gasteiger partial charge in [0.2, 0.25) is 0 Å². The van der Waals surface area contributed by atoms with Crippen LogP contribution in [0.5, 0.6) is 0 Å². The predicted octanol–water partition coefficient (Wildman–Crippen LogP) is 3.48. The van der Waals surface area contributed by atoms with Gasteiger partial charge in [-0.3, -0.25) is 14.4 Å². The summed E-state index contributed by atoms with van der Waals surface area (Å²) in [5, 5.41) is 0. The zero-order chi connectivity index (χ0) is 20.7. The number of nitrogens with zero attached hydrogens (tertiary/aromatic N) is 2. The first kappa shape index (κ1) is 20.1. The second-order valence-corrected chi connectivity index (χ2v) is 8.85. The Balaban J connectivity index is 1.65. The van der Waals surface area contributed by atoms with Crippen molar-refractivity contribution in [3.63, 3.8) is 0 Å². The van der Waals surface area contributed by atoms with Gasteiger partial charge in [0.05, 0.1) is 11.3 Å². The molecule has 5 heteroatoms. The van der Waals surface area contributed by atoms with Crippen molar-refractivity contribution >= 4 is 17.6 Å². The number of hydrogen-bond donors (Lipinski definition) is 0. The number of rotatable bonds is 5. The summed E-state index contributed by atoms with van der Waals surface area (Å²) >= 11 is 0. The van der Waals surface area contributed by atoms with Crippen LogP contribution in [0.1, 0.15) is 52.9 Å². The van der Waals surface area contributed by atoms with Crippen LogP contribution < -0.4 is 0 Å². The second-order valence-electron chi connectivity index (χ2n) is 8.85. The molecular formula is C24H32N2O3. The van der Waals surface area contributed by atoms with Crippen molar-refractivity contribution in [2.75, 3.05) is 19.6 Å². The second kappa shape index (κ2) is 7.92. The number of Topliss-reactive ketones (excluding diaryl/α,β-unsaturated/α-hetero) is 1. The monoisotopic (exact) mass is 396 g/mol. The van der Waals surface area contributed by atoms with Crippen LogP contribution in [0.4, 0.5) is 0 Å². The standard InChI is InChI=1S/C24H32N2O3/c1-4-25(5-2)23(28)18-12-13-26-20(18)14-19(24(26)29)22(27)21-15(3)10-11-16-8-6-7-9-17(16)21/h10-11,14-17,21H,4-9,12-13H2,1-3H3/t15-,16+,17-,21?/m0/s1. The van der Waals surface area contributed by atoms with Crippen LogP contribution in [-0.4, -0.2) is 47.0 Å². The lowest BCUT2D eigenvalue weighted by atomic mass is 9.63. The average molecular weight is 397 g/mol. The number of likely N-dealkylation sites (N-methyl/N-ethyl adjacent to an activating group) is 1. The fourth-order valence-electron chi connectivity index (χ4n) is 5.76. The Kier molecular flexibility index (Phi) is 5.50. The van der Waals surface area contributed by atoms with Crippen molar-refractivity contribution in [3.05, 3.63) is 35.1 Å². The van der Waals surface area contributed by atoms with Crippen LogP contribution in [-0.2, 0) is 14.4 Å². The number of amides is 2. The summed E-state index contributed by atoms with van der Waals surface area (Å²) in [6, 6.07) is 0. The molecule has 0 saturated heterocycles. The van der Waals surface area contributed by atoms with Gasteiger partial charge < -0.3 is 9.80 Å². The molecule has 0 spiro atoms. The summed E-state index contributed by atoms with van der Waals surface area (Å²) in [5.41, 5.74) is 1.63. The Labute approximate surface area is 173 Å². The number of carbonyl (C=O) groups excluding carboxylic acids is 3. The summed E-state index contributed by atoms with van der Waals surface area (Å²) in [6.45, 7) is 7.80. The highest BCUT2D eigenvalue weighted by Gasteiger charge is 2.46. The van der Waals surface area contributed by atoms with Crippen LogP contribution in [0.15, 0.2) is 35.1 Å². The fourth-order valence-corrected chi connectivity index (χ4v) is 5.76. The van der Waals surface area contributed by atoms with E-state index in [1.54, 1.807) is 15.9 Å². The van der Waals surface area contributed by atoms with E-state index < -0.39 is 0 Å². The van der Waals surface area contributed by atoms with E-state index in [1.165, 1.54) is 6.42 Å². The van der Waals surface area contributed by atoms with Gasteiger partial charge >= 0.3 is 0 Å². The van der Waals surface area contributed by atoms with Crippen LogP contribution in [0.25, 0.3) is 0 Å². The van der Waals surface area contributed by atoms with Crippen LogP contribution in [0.2, 0.25) is 0 Å². The van der Waals surface area contributed by atoms with Crippen molar-refractivity contribution in [2.45, 2.75) is 52.9 Å². The lowest BCUT2D eigenvalue weighted by molar-refractivity contribution is -0.130. The van der Waals surface area contributed by atoms with Crippen molar-refractivity contribution in [3.8, 4) is 0 Å². The molecule has 1 unspecified atom stereocenters. The van der Waals surface area contributed by atoms with Gasteiger partial charge in [0.25, 0.3) is 11.8 Å².